The van der Waals surface area contributed by atoms with E-state index in [-0.39, 0.29) is 23.0 Å². The number of carboxylic acid groups (broad SMARTS) is 1. The number of carboxylic acids is 1. The number of hydrogen-bond donors (Lipinski definition) is 0. The number of nitrogens with zero attached hydrogens (tertiary/aromatic N) is 2. The van der Waals surface area contributed by atoms with Crippen molar-refractivity contribution in [1.82, 2.24) is 4.90 Å². The van der Waals surface area contributed by atoms with Gasteiger partial charge in [0.25, 0.3) is 11.6 Å². The highest BCUT2D eigenvalue weighted by atomic mass is 32.2. The molecular weight excluding hydrogens is 328 g/mol. The highest BCUT2D eigenvalue weighted by Gasteiger charge is 2.31. The van der Waals surface area contributed by atoms with Crippen LogP contribution in [0.25, 0.3) is 6.08 Å². The van der Waals surface area contributed by atoms with E-state index in [4.69, 9.17) is 12.2 Å². The Bertz CT molecular complexity index is 701. The Balaban J connectivity index is 2.21. The van der Waals surface area contributed by atoms with Crippen molar-refractivity contribution in [2.45, 2.75) is 6.42 Å². The summed E-state index contributed by atoms with van der Waals surface area (Å²) in [7, 11) is 0. The van der Waals surface area contributed by atoms with E-state index in [2.05, 4.69) is 0 Å². The van der Waals surface area contributed by atoms with Crippen LogP contribution in [0.2, 0.25) is 0 Å². The van der Waals surface area contributed by atoms with Gasteiger partial charge in [-0.05, 0) is 11.6 Å². The molecule has 1 heterocycles. The molecule has 2 rings (SSSR count). The maximum atomic E-state index is 12.2. The van der Waals surface area contributed by atoms with E-state index in [0.29, 0.717) is 10.5 Å². The number of hydrogen-bond acceptors (Lipinski definition) is 7. The number of thioether (sulfide) groups is 1. The number of nitro groups is 1. The lowest BCUT2D eigenvalue weighted by atomic mass is 10.2. The van der Waals surface area contributed by atoms with Crippen molar-refractivity contribution < 1.29 is 19.6 Å². The molecule has 1 saturated heterocycles. The highest BCUT2D eigenvalue weighted by molar-refractivity contribution is 8.26. The van der Waals surface area contributed by atoms with Crippen LogP contribution in [0.4, 0.5) is 5.69 Å². The highest BCUT2D eigenvalue weighted by Crippen LogP contribution is 2.32. The number of aliphatic carboxylic acids is 1. The number of thiocarbonyl (C=S) groups is 1. The largest absolute Gasteiger partial charge is 0.550 e. The van der Waals surface area contributed by atoms with Gasteiger partial charge in [-0.15, -0.1) is 0 Å². The van der Waals surface area contributed by atoms with Crippen LogP contribution in [-0.4, -0.2) is 32.6 Å². The molecule has 0 radical (unpaired) electrons. The first kappa shape index (κ1) is 16.1. The lowest BCUT2D eigenvalue weighted by molar-refractivity contribution is -0.384. The molecule has 0 bridgehead atoms. The van der Waals surface area contributed by atoms with E-state index in [1.165, 1.54) is 29.2 Å². The second kappa shape index (κ2) is 6.67. The van der Waals surface area contributed by atoms with Crippen molar-refractivity contribution in [2.24, 2.45) is 0 Å². The predicted molar refractivity (Wildman–Crippen MR) is 82.6 cm³/mol. The van der Waals surface area contributed by atoms with Crippen LogP contribution in [-0.2, 0) is 9.59 Å². The Hall–Kier alpha value is -2.26. The first-order chi connectivity index (χ1) is 10.4. The molecule has 22 heavy (non-hydrogen) atoms. The van der Waals surface area contributed by atoms with Crippen molar-refractivity contribution in [1.29, 1.82) is 0 Å². The third-order valence-electron chi connectivity index (χ3n) is 2.79. The van der Waals surface area contributed by atoms with Gasteiger partial charge in [0.05, 0.1) is 9.83 Å². The van der Waals surface area contributed by atoms with Crippen molar-refractivity contribution in [2.75, 3.05) is 6.54 Å². The van der Waals surface area contributed by atoms with Gasteiger partial charge in [0.1, 0.15) is 4.32 Å². The molecule has 1 aliphatic heterocycles. The van der Waals surface area contributed by atoms with Crippen LogP contribution >= 0.6 is 24.0 Å². The number of carbonyl (C=O) groups excluding carboxylic acids is 2. The third kappa shape index (κ3) is 3.68. The van der Waals surface area contributed by atoms with Crippen LogP contribution in [0.5, 0.6) is 0 Å². The zero-order valence-electron chi connectivity index (χ0n) is 11.1. The van der Waals surface area contributed by atoms with E-state index < -0.39 is 16.8 Å². The van der Waals surface area contributed by atoms with Gasteiger partial charge in [0.2, 0.25) is 0 Å². The molecule has 1 aromatic carbocycles. The molecular formula is C13H9N2O5S2-. The first-order valence-corrected chi connectivity index (χ1v) is 7.30. The summed E-state index contributed by atoms with van der Waals surface area (Å²) in [5.41, 5.74) is 0.413. The zero-order chi connectivity index (χ0) is 16.3. The average Bonchev–Trinajstić information content (AvgIpc) is 2.71. The van der Waals surface area contributed by atoms with E-state index in [1.807, 2.05) is 0 Å². The molecule has 0 unspecified atom stereocenters. The summed E-state index contributed by atoms with van der Waals surface area (Å²) in [6.07, 6.45) is 1.18. The Labute approximate surface area is 134 Å². The van der Waals surface area contributed by atoms with Gasteiger partial charge in [-0.1, -0.05) is 36.1 Å². The average molecular weight is 337 g/mol. The summed E-state index contributed by atoms with van der Waals surface area (Å²) in [4.78, 5) is 34.3. The van der Waals surface area contributed by atoms with Crippen LogP contribution in [0, 0.1) is 10.1 Å². The van der Waals surface area contributed by atoms with Crippen molar-refractivity contribution in [3.05, 3.63) is 44.8 Å². The lowest BCUT2D eigenvalue weighted by Crippen LogP contribution is -2.33. The SMILES string of the molecule is O=C([O-])CCN1C(=O)C(=Cc2cccc([N+](=O)[O-])c2)SC1=S. The number of amides is 1. The topological polar surface area (TPSA) is 104 Å². The third-order valence-corrected chi connectivity index (χ3v) is 4.17. The zero-order valence-corrected chi connectivity index (χ0v) is 12.7. The van der Waals surface area contributed by atoms with Crippen molar-refractivity contribution in [3.63, 3.8) is 0 Å². The molecule has 1 aromatic rings. The van der Waals surface area contributed by atoms with Gasteiger partial charge in [-0.3, -0.25) is 19.8 Å². The second-order valence-corrected chi connectivity index (χ2v) is 5.98. The molecule has 0 saturated carbocycles. The molecule has 9 heteroatoms. The first-order valence-electron chi connectivity index (χ1n) is 6.08. The molecule has 0 aliphatic carbocycles. The van der Waals surface area contributed by atoms with Crippen molar-refractivity contribution >= 4 is 51.9 Å². The molecule has 0 aromatic heterocycles. The molecule has 1 aliphatic rings. The van der Waals surface area contributed by atoms with Crippen LogP contribution in [0.3, 0.4) is 0 Å². The minimum absolute atomic E-state index is 0.0563. The van der Waals surface area contributed by atoms with Crippen LogP contribution in [0.1, 0.15) is 12.0 Å². The smallest absolute Gasteiger partial charge is 0.270 e. The molecule has 114 valence electrons. The molecule has 1 amide bonds. The summed E-state index contributed by atoms with van der Waals surface area (Å²) in [6, 6.07) is 5.83. The fraction of sp³-hybridized carbons (Fsp3) is 0.154. The molecule has 0 atom stereocenters. The van der Waals surface area contributed by atoms with E-state index in [9.17, 15) is 24.8 Å². The molecule has 7 nitrogen and oxygen atoms in total. The Morgan fingerprint density at radius 2 is 2.18 bits per heavy atom. The fourth-order valence-electron chi connectivity index (χ4n) is 1.78. The number of rotatable bonds is 5. The van der Waals surface area contributed by atoms with Gasteiger partial charge in [-0.2, -0.15) is 0 Å². The molecule has 0 N–H and O–H groups in total. The summed E-state index contributed by atoms with van der Waals surface area (Å²) < 4.78 is 0.253. The predicted octanol–water partition coefficient (Wildman–Crippen LogP) is 0.936. The number of carbonyl (C=O) groups is 2. The number of nitro benzene ring substituents is 1. The summed E-state index contributed by atoms with van der Waals surface area (Å²) in [6.45, 7) is -0.0563. The maximum absolute atomic E-state index is 12.2. The Kier molecular flexibility index (Phi) is 4.88. The van der Waals surface area contributed by atoms with E-state index in [1.54, 1.807) is 6.07 Å². The monoisotopic (exact) mass is 337 g/mol. The summed E-state index contributed by atoms with van der Waals surface area (Å²) in [5.74, 6) is -1.68. The summed E-state index contributed by atoms with van der Waals surface area (Å²) >= 11 is 6.06. The lowest BCUT2D eigenvalue weighted by Gasteiger charge is -2.14. The van der Waals surface area contributed by atoms with Crippen LogP contribution in [0.15, 0.2) is 29.2 Å². The number of benzene rings is 1. The summed E-state index contributed by atoms with van der Waals surface area (Å²) in [5, 5.41) is 21.2. The standard InChI is InChI=1S/C13H10N2O5S2/c16-11(17)4-5-14-12(18)10(22-13(14)21)7-8-2-1-3-9(6-8)15(19)20/h1-3,6-7H,4-5H2,(H,16,17)/p-1. The van der Waals surface area contributed by atoms with E-state index >= 15 is 0 Å². The minimum atomic E-state index is -1.27. The Morgan fingerprint density at radius 3 is 2.82 bits per heavy atom. The van der Waals surface area contributed by atoms with Crippen molar-refractivity contribution in [3.8, 4) is 0 Å². The fourth-order valence-corrected chi connectivity index (χ4v) is 3.08. The van der Waals surface area contributed by atoms with Gasteiger partial charge < -0.3 is 9.90 Å². The minimum Gasteiger partial charge on any atom is -0.550 e. The maximum Gasteiger partial charge on any atom is 0.270 e. The van der Waals surface area contributed by atoms with Gasteiger partial charge >= 0.3 is 0 Å². The second-order valence-electron chi connectivity index (χ2n) is 4.31. The van der Waals surface area contributed by atoms with Crippen LogP contribution < -0.4 is 5.11 Å². The molecule has 0 spiro atoms. The van der Waals surface area contributed by atoms with Gasteiger partial charge in [-0.25, -0.2) is 0 Å². The Morgan fingerprint density at radius 1 is 1.45 bits per heavy atom. The molecule has 1 fully saturated rings. The normalized spacial score (nSPS) is 16.4. The number of non-ortho nitro benzene ring substituents is 1. The quantitative estimate of drug-likeness (QED) is 0.341. The van der Waals surface area contributed by atoms with Gasteiger partial charge in [0, 0.05) is 31.1 Å². The van der Waals surface area contributed by atoms with E-state index in [0.717, 1.165) is 11.8 Å². The van der Waals surface area contributed by atoms with Gasteiger partial charge in [0.15, 0.2) is 0 Å².